The van der Waals surface area contributed by atoms with Gasteiger partial charge >= 0.3 is 0 Å². The molecule has 0 spiro atoms. The zero-order valence-corrected chi connectivity index (χ0v) is 11.9. The van der Waals surface area contributed by atoms with Gasteiger partial charge < -0.3 is 5.32 Å². The van der Waals surface area contributed by atoms with Gasteiger partial charge in [0.1, 0.15) is 5.82 Å². The van der Waals surface area contributed by atoms with E-state index >= 15 is 0 Å². The third-order valence-electron chi connectivity index (χ3n) is 2.66. The summed E-state index contributed by atoms with van der Waals surface area (Å²) in [5.41, 5.74) is 6.12. The van der Waals surface area contributed by atoms with E-state index in [2.05, 4.69) is 16.2 Å². The van der Waals surface area contributed by atoms with Gasteiger partial charge in [0.25, 0.3) is 0 Å². The van der Waals surface area contributed by atoms with E-state index in [1.54, 1.807) is 18.2 Å². The molecule has 0 heterocycles. The van der Waals surface area contributed by atoms with Crippen LogP contribution in [0.1, 0.15) is 5.56 Å². The number of nitrogens with one attached hydrogen (secondary N) is 3. The number of carbonyl (C=O) groups excluding carboxylic acids is 1. The van der Waals surface area contributed by atoms with Gasteiger partial charge in [-0.05, 0) is 36.0 Å². The van der Waals surface area contributed by atoms with Crippen LogP contribution in [-0.2, 0) is 11.2 Å². The highest BCUT2D eigenvalue weighted by atomic mass is 32.1. The van der Waals surface area contributed by atoms with E-state index in [0.717, 1.165) is 5.69 Å². The number of anilines is 1. The fraction of sp³-hybridized carbons (Fsp3) is 0.0667. The predicted octanol–water partition coefficient (Wildman–Crippen LogP) is 2.39. The van der Waals surface area contributed by atoms with Gasteiger partial charge in [0.2, 0.25) is 5.91 Å². The molecule has 2 aromatic rings. The summed E-state index contributed by atoms with van der Waals surface area (Å²) in [6, 6.07) is 15.4. The summed E-state index contributed by atoms with van der Waals surface area (Å²) in [5.74, 6) is -0.782. The summed E-state index contributed by atoms with van der Waals surface area (Å²) in [6.07, 6.45) is -0.0619. The summed E-state index contributed by atoms with van der Waals surface area (Å²) >= 11 is 5.03. The molecule has 108 valence electrons. The third kappa shape index (κ3) is 4.85. The first-order valence-corrected chi connectivity index (χ1v) is 6.70. The second kappa shape index (κ2) is 7.35. The molecule has 21 heavy (non-hydrogen) atoms. The predicted molar refractivity (Wildman–Crippen MR) is 84.0 cm³/mol. The van der Waals surface area contributed by atoms with Gasteiger partial charge in [0.05, 0.1) is 6.42 Å². The molecule has 0 atom stereocenters. The molecule has 2 rings (SSSR count). The molecule has 1 amide bonds. The quantitative estimate of drug-likeness (QED) is 0.602. The summed E-state index contributed by atoms with van der Waals surface area (Å²) in [5, 5.41) is 3.16. The van der Waals surface area contributed by atoms with Crippen LogP contribution in [0.3, 0.4) is 0 Å². The van der Waals surface area contributed by atoms with Crippen molar-refractivity contribution >= 4 is 28.9 Å². The number of thiocarbonyl (C=S) groups is 1. The lowest BCUT2D eigenvalue weighted by atomic mass is 10.1. The van der Waals surface area contributed by atoms with Gasteiger partial charge in [-0.2, -0.15) is 0 Å². The highest BCUT2D eigenvalue weighted by molar-refractivity contribution is 7.80. The third-order valence-corrected chi connectivity index (χ3v) is 2.86. The molecule has 4 nitrogen and oxygen atoms in total. The average Bonchev–Trinajstić information content (AvgIpc) is 2.49. The summed E-state index contributed by atoms with van der Waals surface area (Å²) in [6.45, 7) is 0. The van der Waals surface area contributed by atoms with Crippen LogP contribution in [-0.4, -0.2) is 11.0 Å². The number of rotatable bonds is 3. The molecule has 0 saturated carbocycles. The Kier molecular flexibility index (Phi) is 5.22. The van der Waals surface area contributed by atoms with E-state index in [0.29, 0.717) is 5.56 Å². The van der Waals surface area contributed by atoms with E-state index in [9.17, 15) is 9.18 Å². The number of hydrogen-bond donors (Lipinski definition) is 3. The van der Waals surface area contributed by atoms with Crippen LogP contribution >= 0.6 is 12.2 Å². The van der Waals surface area contributed by atoms with Crippen LogP contribution in [0.4, 0.5) is 10.1 Å². The Hall–Kier alpha value is -2.47. The minimum atomic E-state index is -0.405. The molecule has 0 bridgehead atoms. The lowest BCUT2D eigenvalue weighted by molar-refractivity contribution is -0.121. The average molecular weight is 303 g/mol. The van der Waals surface area contributed by atoms with Crippen molar-refractivity contribution in [2.75, 3.05) is 5.32 Å². The van der Waals surface area contributed by atoms with Crippen molar-refractivity contribution in [3.8, 4) is 0 Å². The number of hydrogen-bond acceptors (Lipinski definition) is 2. The molecule has 3 N–H and O–H groups in total. The zero-order chi connectivity index (χ0) is 15.1. The first-order chi connectivity index (χ1) is 10.1. The smallest absolute Gasteiger partial charge is 0.242 e. The van der Waals surface area contributed by atoms with Crippen molar-refractivity contribution < 1.29 is 9.18 Å². The van der Waals surface area contributed by atoms with Gasteiger partial charge in [-0.1, -0.05) is 36.4 Å². The highest BCUT2D eigenvalue weighted by Gasteiger charge is 2.07. The number of carbonyl (C=O) groups is 1. The monoisotopic (exact) mass is 303 g/mol. The second-order valence-corrected chi connectivity index (χ2v) is 4.67. The van der Waals surface area contributed by atoms with Crippen LogP contribution in [0, 0.1) is 5.82 Å². The Morgan fingerprint density at radius 3 is 2.38 bits per heavy atom. The fourth-order valence-electron chi connectivity index (χ4n) is 1.67. The minimum absolute atomic E-state index is 0.0619. The SMILES string of the molecule is O=C(Cc1ccccc1F)NNC(=S)Nc1ccccc1. The van der Waals surface area contributed by atoms with Gasteiger partial charge in [0.15, 0.2) is 5.11 Å². The van der Waals surface area contributed by atoms with Crippen molar-refractivity contribution in [2.45, 2.75) is 6.42 Å². The zero-order valence-electron chi connectivity index (χ0n) is 11.1. The van der Waals surface area contributed by atoms with Gasteiger partial charge in [-0.15, -0.1) is 0 Å². The number of benzene rings is 2. The number of halogens is 1. The minimum Gasteiger partial charge on any atom is -0.331 e. The Morgan fingerprint density at radius 1 is 1.00 bits per heavy atom. The van der Waals surface area contributed by atoms with Crippen molar-refractivity contribution in [3.05, 3.63) is 66.0 Å². The Morgan fingerprint density at radius 2 is 1.67 bits per heavy atom. The molecule has 0 radical (unpaired) electrons. The van der Waals surface area contributed by atoms with Crippen LogP contribution in [0.15, 0.2) is 54.6 Å². The van der Waals surface area contributed by atoms with Gasteiger partial charge in [-0.25, -0.2) is 4.39 Å². The molecule has 2 aromatic carbocycles. The summed E-state index contributed by atoms with van der Waals surface area (Å²) in [7, 11) is 0. The number of para-hydroxylation sites is 1. The molecular weight excluding hydrogens is 289 g/mol. The molecule has 6 heteroatoms. The van der Waals surface area contributed by atoms with Crippen LogP contribution in [0.25, 0.3) is 0 Å². The number of amides is 1. The Balaban J connectivity index is 1.79. The lowest BCUT2D eigenvalue weighted by Crippen LogP contribution is -2.44. The maximum absolute atomic E-state index is 13.4. The van der Waals surface area contributed by atoms with Crippen LogP contribution in [0.5, 0.6) is 0 Å². The second-order valence-electron chi connectivity index (χ2n) is 4.26. The molecule has 0 fully saturated rings. The maximum Gasteiger partial charge on any atom is 0.242 e. The first kappa shape index (κ1) is 14.9. The van der Waals surface area contributed by atoms with E-state index in [4.69, 9.17) is 12.2 Å². The van der Waals surface area contributed by atoms with Crippen molar-refractivity contribution in [1.82, 2.24) is 10.9 Å². The molecule has 0 aliphatic heterocycles. The fourth-order valence-corrected chi connectivity index (χ4v) is 1.84. The standard InChI is InChI=1S/C15H14FN3OS/c16-13-9-5-4-6-11(13)10-14(20)18-19-15(21)17-12-7-2-1-3-8-12/h1-9H,10H2,(H,18,20)(H2,17,19,21). The summed E-state index contributed by atoms with van der Waals surface area (Å²) in [4.78, 5) is 11.7. The van der Waals surface area contributed by atoms with E-state index in [1.165, 1.54) is 6.07 Å². The van der Waals surface area contributed by atoms with Crippen molar-refractivity contribution in [2.24, 2.45) is 0 Å². The normalized spacial score (nSPS) is 9.76. The molecule has 0 unspecified atom stereocenters. The van der Waals surface area contributed by atoms with E-state index < -0.39 is 5.82 Å². The van der Waals surface area contributed by atoms with E-state index in [1.807, 2.05) is 30.3 Å². The molecule has 0 aromatic heterocycles. The van der Waals surface area contributed by atoms with Crippen LogP contribution < -0.4 is 16.2 Å². The maximum atomic E-state index is 13.4. The Bertz CT molecular complexity index is 634. The lowest BCUT2D eigenvalue weighted by Gasteiger charge is -2.11. The highest BCUT2D eigenvalue weighted by Crippen LogP contribution is 2.06. The Labute approximate surface area is 127 Å². The van der Waals surface area contributed by atoms with Gasteiger partial charge in [0, 0.05) is 5.69 Å². The van der Waals surface area contributed by atoms with Crippen molar-refractivity contribution in [3.63, 3.8) is 0 Å². The van der Waals surface area contributed by atoms with E-state index in [-0.39, 0.29) is 17.4 Å². The molecule has 0 aliphatic carbocycles. The summed E-state index contributed by atoms with van der Waals surface area (Å²) < 4.78 is 13.4. The van der Waals surface area contributed by atoms with Crippen LogP contribution in [0.2, 0.25) is 0 Å². The van der Waals surface area contributed by atoms with Gasteiger partial charge in [-0.3, -0.25) is 15.6 Å². The number of hydrazine groups is 1. The largest absolute Gasteiger partial charge is 0.331 e. The topological polar surface area (TPSA) is 53.2 Å². The molecule has 0 aliphatic rings. The molecular formula is C15H14FN3OS. The molecule has 0 saturated heterocycles. The van der Waals surface area contributed by atoms with Crippen molar-refractivity contribution in [1.29, 1.82) is 0 Å². The first-order valence-electron chi connectivity index (χ1n) is 6.29.